The Morgan fingerprint density at radius 1 is 1.11 bits per heavy atom. The topological polar surface area (TPSA) is 56.1 Å². The van der Waals surface area contributed by atoms with E-state index in [4.69, 9.17) is 4.74 Å². The molecule has 0 spiro atoms. The average Bonchev–Trinajstić information content (AvgIpc) is 3.10. The first-order valence-corrected chi connectivity index (χ1v) is 9.70. The van der Waals surface area contributed by atoms with Gasteiger partial charge < -0.3 is 10.1 Å². The summed E-state index contributed by atoms with van der Waals surface area (Å²) in [7, 11) is 0. The summed E-state index contributed by atoms with van der Waals surface area (Å²) in [5.74, 6) is 0.730. The fourth-order valence-corrected chi connectivity index (χ4v) is 2.96. The van der Waals surface area contributed by atoms with E-state index in [1.165, 1.54) is 5.56 Å². The minimum Gasteiger partial charge on any atom is -0.489 e. The maximum atomic E-state index is 12.5. The van der Waals surface area contributed by atoms with Crippen molar-refractivity contribution in [2.75, 3.05) is 0 Å². The van der Waals surface area contributed by atoms with E-state index in [0.29, 0.717) is 18.7 Å². The molecule has 3 rings (SSSR count). The molecule has 1 heterocycles. The summed E-state index contributed by atoms with van der Waals surface area (Å²) in [6.45, 7) is 7.84. The lowest BCUT2D eigenvalue weighted by Crippen LogP contribution is -2.23. The highest BCUT2D eigenvalue weighted by Crippen LogP contribution is 2.15. The third-order valence-electron chi connectivity index (χ3n) is 4.74. The molecule has 1 amide bonds. The van der Waals surface area contributed by atoms with Crippen molar-refractivity contribution >= 4 is 5.91 Å². The zero-order valence-corrected chi connectivity index (χ0v) is 16.7. The molecule has 0 atom stereocenters. The number of carbonyl (C=O) groups is 1. The Labute approximate surface area is 166 Å². The molecular weight excluding hydrogens is 350 g/mol. The van der Waals surface area contributed by atoms with Crippen LogP contribution in [0, 0.1) is 6.92 Å². The van der Waals surface area contributed by atoms with Crippen LogP contribution in [0.1, 0.15) is 46.6 Å². The number of benzene rings is 2. The molecule has 0 aliphatic rings. The van der Waals surface area contributed by atoms with Crippen LogP contribution in [0.5, 0.6) is 5.75 Å². The Morgan fingerprint density at radius 3 is 2.57 bits per heavy atom. The normalized spacial score (nSPS) is 10.7. The van der Waals surface area contributed by atoms with Gasteiger partial charge in [-0.25, -0.2) is 0 Å². The molecule has 0 saturated carbocycles. The van der Waals surface area contributed by atoms with Crippen molar-refractivity contribution in [1.82, 2.24) is 15.1 Å². The predicted molar refractivity (Wildman–Crippen MR) is 110 cm³/mol. The number of hydrogen-bond acceptors (Lipinski definition) is 3. The molecule has 5 nitrogen and oxygen atoms in total. The van der Waals surface area contributed by atoms with Crippen molar-refractivity contribution in [3.63, 3.8) is 0 Å². The van der Waals surface area contributed by atoms with E-state index >= 15 is 0 Å². The van der Waals surface area contributed by atoms with E-state index in [2.05, 4.69) is 29.5 Å². The maximum absolute atomic E-state index is 12.5. The van der Waals surface area contributed by atoms with Crippen molar-refractivity contribution in [2.45, 2.75) is 46.9 Å². The fraction of sp³-hybridized carbons (Fsp3) is 0.304. The number of nitrogens with zero attached hydrogens (tertiary/aromatic N) is 2. The molecule has 0 unspecified atom stereocenters. The molecule has 0 aliphatic carbocycles. The molecular formula is C23H27N3O2. The van der Waals surface area contributed by atoms with Gasteiger partial charge in [0.05, 0.1) is 5.69 Å². The largest absolute Gasteiger partial charge is 0.489 e. The average molecular weight is 377 g/mol. The van der Waals surface area contributed by atoms with E-state index in [0.717, 1.165) is 35.5 Å². The number of nitrogens with one attached hydrogen (secondary N) is 1. The van der Waals surface area contributed by atoms with Crippen molar-refractivity contribution < 1.29 is 9.53 Å². The summed E-state index contributed by atoms with van der Waals surface area (Å²) >= 11 is 0. The second kappa shape index (κ2) is 9.22. The van der Waals surface area contributed by atoms with Gasteiger partial charge in [-0.1, -0.05) is 31.2 Å². The van der Waals surface area contributed by atoms with E-state index in [-0.39, 0.29) is 5.91 Å². The maximum Gasteiger partial charge on any atom is 0.251 e. The highest BCUT2D eigenvalue weighted by Gasteiger charge is 2.09. The van der Waals surface area contributed by atoms with Gasteiger partial charge in [-0.3, -0.25) is 9.48 Å². The second-order valence-electron chi connectivity index (χ2n) is 6.76. The van der Waals surface area contributed by atoms with Gasteiger partial charge in [-0.15, -0.1) is 0 Å². The Kier molecular flexibility index (Phi) is 6.48. The quantitative estimate of drug-likeness (QED) is 0.637. The molecule has 1 aromatic heterocycles. The van der Waals surface area contributed by atoms with Gasteiger partial charge in [0.2, 0.25) is 0 Å². The lowest BCUT2D eigenvalue weighted by molar-refractivity contribution is 0.0950. The zero-order chi connectivity index (χ0) is 19.9. The van der Waals surface area contributed by atoms with E-state index in [9.17, 15) is 4.79 Å². The summed E-state index contributed by atoms with van der Waals surface area (Å²) < 4.78 is 7.72. The minimum atomic E-state index is -0.0993. The molecule has 2 aromatic carbocycles. The van der Waals surface area contributed by atoms with Crippen LogP contribution in [-0.4, -0.2) is 15.7 Å². The van der Waals surface area contributed by atoms with Crippen LogP contribution in [0.15, 0.2) is 54.7 Å². The summed E-state index contributed by atoms with van der Waals surface area (Å²) in [5, 5.41) is 7.38. The van der Waals surface area contributed by atoms with Gasteiger partial charge in [-0.2, -0.15) is 5.10 Å². The Hall–Kier alpha value is -3.08. The highest BCUT2D eigenvalue weighted by atomic mass is 16.5. The molecule has 146 valence electrons. The van der Waals surface area contributed by atoms with Crippen LogP contribution in [0.25, 0.3) is 0 Å². The SMILES string of the molecule is CCc1ccc(OCc2cccc(C(=O)NCc3cn(CC)nc3C)c2)cc1. The number of rotatable bonds is 8. The summed E-state index contributed by atoms with van der Waals surface area (Å²) in [4.78, 5) is 12.5. The van der Waals surface area contributed by atoms with Crippen LogP contribution in [0.2, 0.25) is 0 Å². The molecule has 0 saturated heterocycles. The third-order valence-corrected chi connectivity index (χ3v) is 4.74. The molecule has 0 radical (unpaired) electrons. The number of carbonyl (C=O) groups excluding carboxylic acids is 1. The smallest absolute Gasteiger partial charge is 0.251 e. The lowest BCUT2D eigenvalue weighted by Gasteiger charge is -2.09. The molecule has 0 aliphatic heterocycles. The summed E-state index contributed by atoms with van der Waals surface area (Å²) in [5.41, 5.74) is 4.85. The molecule has 28 heavy (non-hydrogen) atoms. The van der Waals surface area contributed by atoms with Gasteiger partial charge in [0.1, 0.15) is 12.4 Å². The first-order valence-electron chi connectivity index (χ1n) is 9.70. The zero-order valence-electron chi connectivity index (χ0n) is 16.7. The third kappa shape index (κ3) is 5.00. The van der Waals surface area contributed by atoms with Crippen molar-refractivity contribution in [1.29, 1.82) is 0 Å². The van der Waals surface area contributed by atoms with Gasteiger partial charge in [0.25, 0.3) is 5.91 Å². The van der Waals surface area contributed by atoms with E-state index in [1.54, 1.807) is 0 Å². The number of aromatic nitrogens is 2. The summed E-state index contributed by atoms with van der Waals surface area (Å²) in [6.07, 6.45) is 2.99. The van der Waals surface area contributed by atoms with E-state index < -0.39 is 0 Å². The van der Waals surface area contributed by atoms with Crippen LogP contribution in [0.3, 0.4) is 0 Å². The molecule has 0 bridgehead atoms. The molecule has 5 heteroatoms. The standard InChI is InChI=1S/C23H27N3O2/c1-4-18-9-11-22(12-10-18)28-16-19-7-6-8-20(13-19)23(27)24-14-21-15-26(5-2)25-17(21)3/h6-13,15H,4-5,14,16H2,1-3H3,(H,24,27). The van der Waals surface area contributed by atoms with E-state index in [1.807, 2.05) is 61.1 Å². The second-order valence-corrected chi connectivity index (χ2v) is 6.76. The highest BCUT2D eigenvalue weighted by molar-refractivity contribution is 5.94. The van der Waals surface area contributed by atoms with Crippen molar-refractivity contribution in [3.05, 3.63) is 82.7 Å². The monoisotopic (exact) mass is 377 g/mol. The van der Waals surface area contributed by atoms with Crippen LogP contribution < -0.4 is 10.1 Å². The Balaban J connectivity index is 1.58. The first kappa shape index (κ1) is 19.7. The van der Waals surface area contributed by atoms with Crippen LogP contribution in [0.4, 0.5) is 0 Å². The van der Waals surface area contributed by atoms with Crippen LogP contribution in [-0.2, 0) is 26.1 Å². The predicted octanol–water partition coefficient (Wildman–Crippen LogP) is 4.28. The van der Waals surface area contributed by atoms with Gasteiger partial charge in [0, 0.05) is 30.4 Å². The molecule has 1 N–H and O–H groups in total. The number of amides is 1. The molecule has 0 fully saturated rings. The van der Waals surface area contributed by atoms with Crippen molar-refractivity contribution in [2.24, 2.45) is 0 Å². The Bertz CT molecular complexity index is 929. The minimum absolute atomic E-state index is 0.0993. The van der Waals surface area contributed by atoms with Gasteiger partial charge >= 0.3 is 0 Å². The number of aryl methyl sites for hydroxylation is 3. The first-order chi connectivity index (χ1) is 13.6. The van der Waals surface area contributed by atoms with Crippen LogP contribution >= 0.6 is 0 Å². The van der Waals surface area contributed by atoms with Gasteiger partial charge in [-0.05, 0) is 55.7 Å². The Morgan fingerprint density at radius 2 is 1.89 bits per heavy atom. The summed E-state index contributed by atoms with van der Waals surface area (Å²) in [6, 6.07) is 15.6. The molecule has 3 aromatic rings. The number of ether oxygens (including phenoxy) is 1. The van der Waals surface area contributed by atoms with Crippen molar-refractivity contribution in [3.8, 4) is 5.75 Å². The fourth-order valence-electron chi connectivity index (χ4n) is 2.96. The van der Waals surface area contributed by atoms with Gasteiger partial charge in [0.15, 0.2) is 0 Å². The number of hydrogen-bond donors (Lipinski definition) is 1. The lowest BCUT2D eigenvalue weighted by atomic mass is 10.1.